The largest absolute Gasteiger partial charge is 0.496 e. The summed E-state index contributed by atoms with van der Waals surface area (Å²) in [5, 5.41) is 8.80. The van der Waals surface area contributed by atoms with Gasteiger partial charge in [0.05, 0.1) is 18.5 Å². The summed E-state index contributed by atoms with van der Waals surface area (Å²) in [4.78, 5) is 4.55. The van der Waals surface area contributed by atoms with Crippen molar-refractivity contribution < 1.29 is 4.74 Å². The van der Waals surface area contributed by atoms with Gasteiger partial charge in [0.2, 0.25) is 5.96 Å². The lowest BCUT2D eigenvalue weighted by Gasteiger charge is -2.27. The van der Waals surface area contributed by atoms with Crippen LogP contribution in [0.15, 0.2) is 40.7 Å². The average Bonchev–Trinajstić information content (AvgIpc) is 2.59. The molecule has 1 unspecified atom stereocenters. The maximum absolute atomic E-state index is 6.20. The van der Waals surface area contributed by atoms with E-state index in [-0.39, 0.29) is 24.3 Å². The summed E-state index contributed by atoms with van der Waals surface area (Å²) in [5.41, 5.74) is 15.8. The number of hydrogen-bond donors (Lipinski definition) is 2. The van der Waals surface area contributed by atoms with Crippen molar-refractivity contribution in [2.75, 3.05) is 7.11 Å². The molecule has 0 aliphatic heterocycles. The highest BCUT2D eigenvalue weighted by Crippen LogP contribution is 2.38. The van der Waals surface area contributed by atoms with E-state index in [2.05, 4.69) is 15.2 Å². The maximum atomic E-state index is 6.20. The second-order valence-electron chi connectivity index (χ2n) is 6.01. The summed E-state index contributed by atoms with van der Waals surface area (Å²) in [7, 11) is 1.65. The third-order valence-corrected chi connectivity index (χ3v) is 4.56. The first-order valence-corrected chi connectivity index (χ1v) is 8.31. The van der Waals surface area contributed by atoms with E-state index in [0.29, 0.717) is 11.4 Å². The van der Waals surface area contributed by atoms with Gasteiger partial charge in [-0.1, -0.05) is 11.6 Å². The van der Waals surface area contributed by atoms with Crippen LogP contribution < -0.4 is 16.2 Å². The number of nitrogens with two attached hydrogens (primary N) is 2. The van der Waals surface area contributed by atoms with Gasteiger partial charge in [-0.25, -0.2) is 0 Å². The molecule has 4 N–H and O–H groups in total. The number of aryl methyl sites for hydroxylation is 1. The van der Waals surface area contributed by atoms with Gasteiger partial charge < -0.3 is 16.2 Å². The Balaban J connectivity index is 0.00000243. The molecular formula is C18H21Cl2N5O. The summed E-state index contributed by atoms with van der Waals surface area (Å²) in [6.45, 7) is 2.03. The number of ether oxygens (including phenoxy) is 1. The molecule has 1 aliphatic carbocycles. The van der Waals surface area contributed by atoms with E-state index in [1.165, 1.54) is 0 Å². The zero-order valence-corrected chi connectivity index (χ0v) is 16.1. The second-order valence-corrected chi connectivity index (χ2v) is 6.45. The van der Waals surface area contributed by atoms with Gasteiger partial charge >= 0.3 is 0 Å². The number of pyridine rings is 1. The molecule has 0 amide bonds. The smallest absolute Gasteiger partial charge is 0.211 e. The Hall–Kier alpha value is -2.31. The van der Waals surface area contributed by atoms with Crippen LogP contribution in [0, 0.1) is 6.92 Å². The lowest BCUT2D eigenvalue weighted by Crippen LogP contribution is -2.24. The number of guanidine groups is 1. The fourth-order valence-corrected chi connectivity index (χ4v) is 3.44. The van der Waals surface area contributed by atoms with E-state index < -0.39 is 0 Å². The molecule has 1 aromatic heterocycles. The normalized spacial score (nSPS) is 17.2. The lowest BCUT2D eigenvalue weighted by atomic mass is 9.79. The van der Waals surface area contributed by atoms with E-state index in [4.69, 9.17) is 27.8 Å². The van der Waals surface area contributed by atoms with Crippen LogP contribution in [0.1, 0.15) is 34.7 Å². The highest BCUT2D eigenvalue weighted by Gasteiger charge is 2.29. The fourth-order valence-electron chi connectivity index (χ4n) is 3.26. The molecule has 0 bridgehead atoms. The molecule has 0 radical (unpaired) electrons. The van der Waals surface area contributed by atoms with E-state index in [9.17, 15) is 0 Å². The Morgan fingerprint density at radius 2 is 2.04 bits per heavy atom. The molecule has 2 aromatic rings. The average molecular weight is 394 g/mol. The summed E-state index contributed by atoms with van der Waals surface area (Å²) in [5.74, 6) is 0.855. The highest BCUT2D eigenvalue weighted by atomic mass is 35.5. The van der Waals surface area contributed by atoms with Crippen LogP contribution >= 0.6 is 24.0 Å². The quantitative estimate of drug-likeness (QED) is 0.475. The van der Waals surface area contributed by atoms with Crippen molar-refractivity contribution in [3.63, 3.8) is 0 Å². The van der Waals surface area contributed by atoms with Crippen LogP contribution in [-0.4, -0.2) is 23.8 Å². The van der Waals surface area contributed by atoms with Gasteiger partial charge in [0.25, 0.3) is 0 Å². The van der Waals surface area contributed by atoms with Crippen LogP contribution in [0.4, 0.5) is 0 Å². The van der Waals surface area contributed by atoms with Gasteiger partial charge in [0.1, 0.15) is 5.75 Å². The molecule has 0 fully saturated rings. The van der Waals surface area contributed by atoms with Gasteiger partial charge in [-0.2, -0.15) is 5.10 Å². The molecule has 26 heavy (non-hydrogen) atoms. The predicted molar refractivity (Wildman–Crippen MR) is 108 cm³/mol. The maximum Gasteiger partial charge on any atom is 0.211 e. The number of aromatic nitrogens is 1. The standard InChI is InChI=1S/C18H20ClN5O.ClH/c1-10-5-6-22-14-7-11(8-15(17(10)14)23-24-18(20)21)13-9-12(19)3-4-16(13)25-2;/h3-6,9,11H,7-8H2,1-2H3,(H4,20,21,24);1H/b23-15-;. The van der Waals surface area contributed by atoms with E-state index >= 15 is 0 Å². The van der Waals surface area contributed by atoms with E-state index in [1.54, 1.807) is 7.11 Å². The van der Waals surface area contributed by atoms with Crippen LogP contribution in [0.2, 0.25) is 5.02 Å². The van der Waals surface area contributed by atoms with Crippen molar-refractivity contribution in [1.82, 2.24) is 4.98 Å². The Labute approximate surface area is 163 Å². The summed E-state index contributed by atoms with van der Waals surface area (Å²) in [6.07, 6.45) is 3.26. The Bertz CT molecular complexity index is 863. The van der Waals surface area contributed by atoms with Gasteiger partial charge in [-0.05, 0) is 61.1 Å². The SMILES string of the molecule is COc1ccc(Cl)cc1C1C/C(=N/N=C(N)N)c2c(C)ccnc2C1.Cl. The molecular weight excluding hydrogens is 373 g/mol. The zero-order chi connectivity index (χ0) is 18.0. The Morgan fingerprint density at radius 3 is 2.73 bits per heavy atom. The summed E-state index contributed by atoms with van der Waals surface area (Å²) < 4.78 is 5.51. The topological polar surface area (TPSA) is 98.9 Å². The van der Waals surface area contributed by atoms with Crippen LogP contribution in [0.3, 0.4) is 0 Å². The molecule has 1 aromatic carbocycles. The zero-order valence-electron chi connectivity index (χ0n) is 14.6. The Kier molecular flexibility index (Phi) is 6.45. The Morgan fingerprint density at radius 1 is 1.27 bits per heavy atom. The molecule has 0 saturated heterocycles. The van der Waals surface area contributed by atoms with E-state index in [0.717, 1.165) is 40.3 Å². The van der Waals surface area contributed by atoms with Crippen molar-refractivity contribution in [1.29, 1.82) is 0 Å². The third kappa shape index (κ3) is 4.08. The van der Waals surface area contributed by atoms with Crippen LogP contribution in [-0.2, 0) is 6.42 Å². The first-order chi connectivity index (χ1) is 12.0. The van der Waals surface area contributed by atoms with Gasteiger partial charge in [-0.3, -0.25) is 4.98 Å². The molecule has 6 nitrogen and oxygen atoms in total. The molecule has 1 atom stereocenters. The highest BCUT2D eigenvalue weighted by molar-refractivity contribution is 6.30. The van der Waals surface area contributed by atoms with Gasteiger partial charge in [0, 0.05) is 16.8 Å². The van der Waals surface area contributed by atoms with Gasteiger partial charge in [0.15, 0.2) is 0 Å². The van der Waals surface area contributed by atoms with Crippen molar-refractivity contribution >= 4 is 35.7 Å². The van der Waals surface area contributed by atoms with Crippen molar-refractivity contribution in [3.8, 4) is 5.75 Å². The molecule has 8 heteroatoms. The summed E-state index contributed by atoms with van der Waals surface area (Å²) in [6, 6.07) is 7.59. The van der Waals surface area contributed by atoms with Crippen molar-refractivity contribution in [3.05, 3.63) is 57.9 Å². The number of methoxy groups -OCH3 is 1. The monoisotopic (exact) mass is 393 g/mol. The lowest BCUT2D eigenvalue weighted by molar-refractivity contribution is 0.405. The number of rotatable bonds is 3. The van der Waals surface area contributed by atoms with Crippen molar-refractivity contribution in [2.45, 2.75) is 25.7 Å². The molecule has 138 valence electrons. The molecule has 1 heterocycles. The number of fused-ring (bicyclic) bond motifs is 1. The third-order valence-electron chi connectivity index (χ3n) is 4.32. The molecule has 3 rings (SSSR count). The number of nitrogens with zero attached hydrogens (tertiary/aromatic N) is 3. The molecule has 1 aliphatic rings. The second kappa shape index (κ2) is 8.38. The van der Waals surface area contributed by atoms with Gasteiger partial charge in [-0.15, -0.1) is 17.5 Å². The number of hydrogen-bond acceptors (Lipinski definition) is 4. The minimum atomic E-state index is -0.0712. The molecule has 0 spiro atoms. The van der Waals surface area contributed by atoms with Crippen molar-refractivity contribution in [2.24, 2.45) is 21.7 Å². The van der Waals surface area contributed by atoms with Crippen LogP contribution in [0.5, 0.6) is 5.75 Å². The fraction of sp³-hybridized carbons (Fsp3) is 0.278. The number of halogens is 2. The number of benzene rings is 1. The minimum absolute atomic E-state index is 0. The van der Waals surface area contributed by atoms with E-state index in [1.807, 2.05) is 37.4 Å². The predicted octanol–water partition coefficient (Wildman–Crippen LogP) is 3.18. The molecule has 0 saturated carbocycles. The first-order valence-electron chi connectivity index (χ1n) is 7.93. The summed E-state index contributed by atoms with van der Waals surface area (Å²) >= 11 is 6.20. The van der Waals surface area contributed by atoms with Crippen LogP contribution in [0.25, 0.3) is 0 Å². The minimum Gasteiger partial charge on any atom is -0.496 e. The first kappa shape index (κ1) is 20.0.